The number of carboxylic acids is 1. The number of H-pyrrole nitrogens is 1. The Morgan fingerprint density at radius 1 is 1.50 bits per heavy atom. The molecule has 0 atom stereocenters. The molecule has 0 bridgehead atoms. The number of carbonyl (C=O) groups excluding carboxylic acids is 1. The summed E-state index contributed by atoms with van der Waals surface area (Å²) < 4.78 is 1.68. The van der Waals surface area contributed by atoms with E-state index in [2.05, 4.69) is 20.4 Å². The Balaban J connectivity index is 2.08. The van der Waals surface area contributed by atoms with Gasteiger partial charge in [-0.15, -0.1) is 0 Å². The highest BCUT2D eigenvalue weighted by molar-refractivity contribution is 6.02. The van der Waals surface area contributed by atoms with Crippen LogP contribution in [-0.2, 0) is 20.0 Å². The Morgan fingerprint density at radius 2 is 2.25 bits per heavy atom. The maximum Gasteiger partial charge on any atom is 0.354 e. The molecule has 106 valence electrons. The zero-order valence-electron chi connectivity index (χ0n) is 11.2. The highest BCUT2D eigenvalue weighted by Gasteiger charge is 2.19. The number of nitrogens with zero attached hydrogens (tertiary/aromatic N) is 3. The number of aromatic nitrogens is 4. The monoisotopic (exact) mass is 277 g/mol. The molecule has 0 fully saturated rings. The second kappa shape index (κ2) is 5.55. The predicted molar refractivity (Wildman–Crippen MR) is 69.3 cm³/mol. The van der Waals surface area contributed by atoms with E-state index in [1.165, 1.54) is 6.33 Å². The topological polar surface area (TPSA) is 113 Å². The lowest BCUT2D eigenvalue weighted by atomic mass is 10.2. The molecule has 1 amide bonds. The van der Waals surface area contributed by atoms with Crippen molar-refractivity contribution in [3.8, 4) is 0 Å². The number of carbonyl (C=O) groups is 2. The van der Waals surface area contributed by atoms with Crippen molar-refractivity contribution in [3.05, 3.63) is 35.2 Å². The van der Waals surface area contributed by atoms with E-state index in [4.69, 9.17) is 5.11 Å². The lowest BCUT2D eigenvalue weighted by Crippen LogP contribution is -2.25. The summed E-state index contributed by atoms with van der Waals surface area (Å²) in [7, 11) is 1.81. The third-order valence-electron chi connectivity index (χ3n) is 2.83. The summed E-state index contributed by atoms with van der Waals surface area (Å²) in [5.74, 6) is -1.75. The summed E-state index contributed by atoms with van der Waals surface area (Å²) in [6.45, 7) is 2.26. The molecule has 8 nitrogen and oxygen atoms in total. The van der Waals surface area contributed by atoms with Gasteiger partial charge in [-0.1, -0.05) is 6.92 Å². The van der Waals surface area contributed by atoms with Gasteiger partial charge in [0.05, 0.1) is 12.0 Å². The first kappa shape index (κ1) is 13.8. The largest absolute Gasteiger partial charge is 0.477 e. The Hall–Kier alpha value is -2.64. The molecule has 0 aromatic carbocycles. The maximum absolute atomic E-state index is 11.9. The summed E-state index contributed by atoms with van der Waals surface area (Å²) in [6, 6.07) is 0. The normalized spacial score (nSPS) is 10.5. The van der Waals surface area contributed by atoms with E-state index in [0.29, 0.717) is 0 Å². The third-order valence-corrected chi connectivity index (χ3v) is 2.83. The van der Waals surface area contributed by atoms with Crippen LogP contribution in [0.4, 0.5) is 0 Å². The molecule has 3 N–H and O–H groups in total. The lowest BCUT2D eigenvalue weighted by molar-refractivity contribution is 0.0685. The van der Waals surface area contributed by atoms with E-state index in [1.807, 2.05) is 13.1 Å². The van der Waals surface area contributed by atoms with Crippen molar-refractivity contribution in [2.75, 3.05) is 0 Å². The van der Waals surface area contributed by atoms with Crippen molar-refractivity contribution in [1.82, 2.24) is 25.1 Å². The molecule has 8 heteroatoms. The molecular formula is C12H15N5O3. The number of aromatic carboxylic acids is 1. The summed E-state index contributed by atoms with van der Waals surface area (Å²) in [4.78, 5) is 29.0. The van der Waals surface area contributed by atoms with E-state index in [-0.39, 0.29) is 17.9 Å². The molecule has 20 heavy (non-hydrogen) atoms. The molecule has 0 aliphatic carbocycles. The van der Waals surface area contributed by atoms with E-state index in [9.17, 15) is 9.59 Å². The lowest BCUT2D eigenvalue weighted by Gasteiger charge is -2.03. The van der Waals surface area contributed by atoms with E-state index in [0.717, 1.165) is 17.7 Å². The minimum absolute atomic E-state index is 0.126. The summed E-state index contributed by atoms with van der Waals surface area (Å²) in [6.07, 6.45) is 3.76. The average Bonchev–Trinajstić information content (AvgIpc) is 3.01. The van der Waals surface area contributed by atoms with Gasteiger partial charge in [0.2, 0.25) is 0 Å². The van der Waals surface area contributed by atoms with Crippen LogP contribution in [0.25, 0.3) is 0 Å². The van der Waals surface area contributed by atoms with Gasteiger partial charge in [-0.2, -0.15) is 5.10 Å². The number of aryl methyl sites for hydroxylation is 2. The molecular weight excluding hydrogens is 262 g/mol. The van der Waals surface area contributed by atoms with Gasteiger partial charge in [0.1, 0.15) is 0 Å². The first-order valence-corrected chi connectivity index (χ1v) is 6.09. The molecule has 0 spiro atoms. The molecule has 2 heterocycles. The van der Waals surface area contributed by atoms with Crippen molar-refractivity contribution in [2.45, 2.75) is 19.9 Å². The molecule has 2 rings (SSSR count). The van der Waals surface area contributed by atoms with E-state index < -0.39 is 11.9 Å². The van der Waals surface area contributed by atoms with Crippen molar-refractivity contribution in [3.63, 3.8) is 0 Å². The number of nitrogens with one attached hydrogen (secondary N) is 2. The minimum Gasteiger partial charge on any atom is -0.477 e. The first-order valence-electron chi connectivity index (χ1n) is 6.09. The van der Waals surface area contributed by atoms with Crippen LogP contribution in [0.15, 0.2) is 12.5 Å². The second-order valence-corrected chi connectivity index (χ2v) is 4.24. The standard InChI is InChI=1S/C12H15N5O3/c1-3-8-7(5-17(2)16-8)4-13-11(18)9-10(12(19)20)15-6-14-9/h5-6H,3-4H2,1-2H3,(H,13,18)(H,14,15)(H,19,20). The van der Waals surface area contributed by atoms with Crippen LogP contribution >= 0.6 is 0 Å². The number of imidazole rings is 1. The quantitative estimate of drug-likeness (QED) is 0.729. The molecule has 0 radical (unpaired) electrons. The van der Waals surface area contributed by atoms with Gasteiger partial charge in [0, 0.05) is 25.4 Å². The highest BCUT2D eigenvalue weighted by atomic mass is 16.4. The Bertz CT molecular complexity index is 643. The van der Waals surface area contributed by atoms with Gasteiger partial charge in [0.15, 0.2) is 11.4 Å². The highest BCUT2D eigenvalue weighted by Crippen LogP contribution is 2.08. The van der Waals surface area contributed by atoms with Crippen LogP contribution in [0, 0.1) is 0 Å². The summed E-state index contributed by atoms with van der Waals surface area (Å²) >= 11 is 0. The van der Waals surface area contributed by atoms with Gasteiger partial charge < -0.3 is 15.4 Å². The minimum atomic E-state index is -1.22. The number of rotatable bonds is 5. The van der Waals surface area contributed by atoms with Crippen molar-refractivity contribution in [2.24, 2.45) is 7.05 Å². The van der Waals surface area contributed by atoms with Gasteiger partial charge in [-0.3, -0.25) is 9.48 Å². The van der Waals surface area contributed by atoms with Crippen LogP contribution in [0.3, 0.4) is 0 Å². The molecule has 0 aliphatic heterocycles. The van der Waals surface area contributed by atoms with Crippen LogP contribution in [-0.4, -0.2) is 36.7 Å². The van der Waals surface area contributed by atoms with Crippen LogP contribution < -0.4 is 5.32 Å². The number of hydrogen-bond donors (Lipinski definition) is 3. The van der Waals surface area contributed by atoms with Crippen molar-refractivity contribution in [1.29, 1.82) is 0 Å². The predicted octanol–water partition coefficient (Wildman–Crippen LogP) is 0.334. The molecule has 2 aromatic rings. The smallest absolute Gasteiger partial charge is 0.354 e. The van der Waals surface area contributed by atoms with Gasteiger partial charge >= 0.3 is 5.97 Å². The summed E-state index contributed by atoms with van der Waals surface area (Å²) in [5.41, 5.74) is 1.45. The molecule has 0 saturated heterocycles. The van der Waals surface area contributed by atoms with E-state index in [1.54, 1.807) is 11.7 Å². The van der Waals surface area contributed by atoms with Gasteiger partial charge in [0.25, 0.3) is 5.91 Å². The second-order valence-electron chi connectivity index (χ2n) is 4.24. The van der Waals surface area contributed by atoms with Crippen molar-refractivity contribution >= 4 is 11.9 Å². The zero-order valence-corrected chi connectivity index (χ0v) is 11.2. The number of amides is 1. The van der Waals surface area contributed by atoms with Crippen LogP contribution in [0.1, 0.15) is 39.2 Å². The van der Waals surface area contributed by atoms with Crippen molar-refractivity contribution < 1.29 is 14.7 Å². The number of aromatic amines is 1. The fourth-order valence-electron chi connectivity index (χ4n) is 1.92. The van der Waals surface area contributed by atoms with Gasteiger partial charge in [-0.05, 0) is 6.42 Å². The summed E-state index contributed by atoms with van der Waals surface area (Å²) in [5, 5.41) is 15.8. The van der Waals surface area contributed by atoms with Gasteiger partial charge in [-0.25, -0.2) is 9.78 Å². The fraction of sp³-hybridized carbons (Fsp3) is 0.333. The van der Waals surface area contributed by atoms with Crippen LogP contribution in [0.2, 0.25) is 0 Å². The molecule has 2 aromatic heterocycles. The average molecular weight is 277 g/mol. The van der Waals surface area contributed by atoms with Crippen LogP contribution in [0.5, 0.6) is 0 Å². The Morgan fingerprint density at radius 3 is 2.90 bits per heavy atom. The SMILES string of the molecule is CCc1nn(C)cc1CNC(=O)c1nc[nH]c1C(=O)O. The molecule has 0 aliphatic rings. The Kier molecular flexibility index (Phi) is 3.83. The molecule has 0 saturated carbocycles. The number of hydrogen-bond acceptors (Lipinski definition) is 4. The fourth-order valence-corrected chi connectivity index (χ4v) is 1.92. The zero-order chi connectivity index (χ0) is 14.7. The van der Waals surface area contributed by atoms with E-state index >= 15 is 0 Å². The number of carboxylic acid groups (broad SMARTS) is 1. The first-order chi connectivity index (χ1) is 9.52. The Labute approximate surface area is 114 Å². The molecule has 0 unspecified atom stereocenters. The maximum atomic E-state index is 11.9. The third kappa shape index (κ3) is 2.68.